The Labute approximate surface area is 117 Å². The Kier molecular flexibility index (Phi) is 3.77. The minimum absolute atomic E-state index is 0.141. The molecule has 3 rings (SSSR count). The van der Waals surface area contributed by atoms with Crippen molar-refractivity contribution in [1.82, 2.24) is 10.3 Å². The molecule has 1 saturated heterocycles. The number of aromatic nitrogens is 1. The molecule has 0 aliphatic carbocycles. The quantitative estimate of drug-likeness (QED) is 0.883. The highest BCUT2D eigenvalue weighted by Crippen LogP contribution is 2.20. The number of ether oxygens (including phenoxy) is 1. The predicted octanol–water partition coefficient (Wildman–Crippen LogP) is 1.51. The fourth-order valence-electron chi connectivity index (χ4n) is 2.33. The van der Waals surface area contributed by atoms with E-state index in [-0.39, 0.29) is 6.10 Å². The second kappa shape index (κ2) is 5.87. The van der Waals surface area contributed by atoms with Crippen LogP contribution in [0.2, 0.25) is 0 Å². The van der Waals surface area contributed by atoms with Crippen molar-refractivity contribution >= 4 is 16.7 Å². The fourth-order valence-corrected chi connectivity index (χ4v) is 2.33. The van der Waals surface area contributed by atoms with Crippen LogP contribution in [0.5, 0.6) is 0 Å². The highest BCUT2D eigenvalue weighted by Gasteiger charge is 2.13. The lowest BCUT2D eigenvalue weighted by molar-refractivity contribution is 0.0372. The van der Waals surface area contributed by atoms with Crippen LogP contribution in [0.1, 0.15) is 5.56 Å². The van der Waals surface area contributed by atoms with E-state index in [0.29, 0.717) is 12.1 Å². The number of benzene rings is 1. The Morgan fingerprint density at radius 1 is 1.45 bits per heavy atom. The summed E-state index contributed by atoms with van der Waals surface area (Å²) in [6.07, 6.45) is 0.141. The molecule has 1 unspecified atom stereocenters. The van der Waals surface area contributed by atoms with E-state index in [2.05, 4.69) is 21.7 Å². The highest BCUT2D eigenvalue weighted by atomic mass is 16.5. The Hall–Kier alpha value is -2.16. The van der Waals surface area contributed by atoms with Crippen LogP contribution in [-0.2, 0) is 4.74 Å². The minimum atomic E-state index is 0.141. The second-order valence-corrected chi connectivity index (χ2v) is 4.76. The maximum Gasteiger partial charge on any atom is 0.128 e. The molecule has 1 aliphatic heterocycles. The van der Waals surface area contributed by atoms with Gasteiger partial charge in [-0.25, -0.2) is 4.98 Å². The molecule has 1 aromatic heterocycles. The summed E-state index contributed by atoms with van der Waals surface area (Å²) in [4.78, 5) is 4.53. The van der Waals surface area contributed by atoms with Crippen LogP contribution in [0.3, 0.4) is 0 Å². The van der Waals surface area contributed by atoms with Crippen molar-refractivity contribution in [3.63, 3.8) is 0 Å². The third-order valence-electron chi connectivity index (χ3n) is 3.35. The first-order valence-electron chi connectivity index (χ1n) is 6.73. The van der Waals surface area contributed by atoms with Gasteiger partial charge in [-0.15, -0.1) is 0 Å². The van der Waals surface area contributed by atoms with E-state index in [4.69, 9.17) is 4.74 Å². The largest absolute Gasteiger partial charge is 0.374 e. The van der Waals surface area contributed by atoms with Crippen LogP contribution < -0.4 is 10.6 Å². The van der Waals surface area contributed by atoms with Crippen LogP contribution in [0.25, 0.3) is 10.9 Å². The summed E-state index contributed by atoms with van der Waals surface area (Å²) < 4.78 is 5.63. The molecule has 2 N–H and O–H groups in total. The lowest BCUT2D eigenvalue weighted by atomic mass is 10.1. The smallest absolute Gasteiger partial charge is 0.128 e. The van der Waals surface area contributed by atoms with E-state index in [0.717, 1.165) is 36.4 Å². The molecule has 0 bridgehead atoms. The molecule has 2 aromatic rings. The molecule has 0 amide bonds. The van der Waals surface area contributed by atoms with Crippen molar-refractivity contribution in [2.75, 3.05) is 31.6 Å². The Morgan fingerprint density at radius 3 is 3.15 bits per heavy atom. The van der Waals surface area contributed by atoms with Gasteiger partial charge in [0.2, 0.25) is 0 Å². The predicted molar refractivity (Wildman–Crippen MR) is 77.6 cm³/mol. The van der Waals surface area contributed by atoms with Gasteiger partial charge in [-0.3, -0.25) is 0 Å². The molecule has 102 valence electrons. The minimum Gasteiger partial charge on any atom is -0.374 e. The average molecular weight is 268 g/mol. The standard InChI is InChI=1S/C15H16N4O/c16-8-11-7-15(18-10-12-9-17-5-6-20-12)19-14-4-2-1-3-13(11)14/h1-4,7,12,17H,5-6,9-10H2,(H,18,19). The number of anilines is 1. The van der Waals surface area contributed by atoms with Gasteiger partial charge in [0.1, 0.15) is 5.82 Å². The maximum absolute atomic E-state index is 9.24. The number of rotatable bonds is 3. The monoisotopic (exact) mass is 268 g/mol. The van der Waals surface area contributed by atoms with E-state index >= 15 is 0 Å². The van der Waals surface area contributed by atoms with Gasteiger partial charge < -0.3 is 15.4 Å². The van der Waals surface area contributed by atoms with Crippen molar-refractivity contribution < 1.29 is 4.74 Å². The number of morpholine rings is 1. The third-order valence-corrected chi connectivity index (χ3v) is 3.35. The van der Waals surface area contributed by atoms with Gasteiger partial charge in [-0.2, -0.15) is 5.26 Å². The lowest BCUT2D eigenvalue weighted by Crippen LogP contribution is -2.42. The first-order chi connectivity index (χ1) is 9.86. The summed E-state index contributed by atoms with van der Waals surface area (Å²) in [6.45, 7) is 3.17. The summed E-state index contributed by atoms with van der Waals surface area (Å²) in [5.41, 5.74) is 1.47. The van der Waals surface area contributed by atoms with E-state index in [1.807, 2.05) is 24.3 Å². The number of hydrogen-bond donors (Lipinski definition) is 2. The Balaban J connectivity index is 1.79. The number of pyridine rings is 1. The molecular weight excluding hydrogens is 252 g/mol. The zero-order valence-corrected chi connectivity index (χ0v) is 11.1. The average Bonchev–Trinajstić information content (AvgIpc) is 2.53. The number of nitriles is 1. The molecule has 1 aromatic carbocycles. The molecule has 1 fully saturated rings. The Morgan fingerprint density at radius 2 is 2.35 bits per heavy atom. The first-order valence-corrected chi connectivity index (χ1v) is 6.73. The summed E-state index contributed by atoms with van der Waals surface area (Å²) in [5.74, 6) is 0.717. The zero-order valence-electron chi connectivity index (χ0n) is 11.1. The van der Waals surface area contributed by atoms with Crippen molar-refractivity contribution in [1.29, 1.82) is 5.26 Å². The van der Waals surface area contributed by atoms with Crippen molar-refractivity contribution in [2.24, 2.45) is 0 Å². The molecule has 2 heterocycles. The lowest BCUT2D eigenvalue weighted by Gasteiger charge is -2.24. The number of nitrogens with zero attached hydrogens (tertiary/aromatic N) is 2. The number of nitrogens with one attached hydrogen (secondary N) is 2. The van der Waals surface area contributed by atoms with Gasteiger partial charge in [0, 0.05) is 25.0 Å². The summed E-state index contributed by atoms with van der Waals surface area (Å²) >= 11 is 0. The van der Waals surface area contributed by atoms with E-state index in [9.17, 15) is 5.26 Å². The van der Waals surface area contributed by atoms with E-state index in [1.165, 1.54) is 0 Å². The number of hydrogen-bond acceptors (Lipinski definition) is 5. The highest BCUT2D eigenvalue weighted by molar-refractivity contribution is 5.86. The molecule has 1 atom stereocenters. The molecule has 0 spiro atoms. The Bertz CT molecular complexity index is 644. The fraction of sp³-hybridized carbons (Fsp3) is 0.333. The van der Waals surface area contributed by atoms with Gasteiger partial charge in [0.25, 0.3) is 0 Å². The van der Waals surface area contributed by atoms with Crippen molar-refractivity contribution in [3.05, 3.63) is 35.9 Å². The third kappa shape index (κ3) is 2.72. The van der Waals surface area contributed by atoms with Crippen LogP contribution in [-0.4, -0.2) is 37.3 Å². The van der Waals surface area contributed by atoms with Crippen molar-refractivity contribution in [3.8, 4) is 6.07 Å². The van der Waals surface area contributed by atoms with Gasteiger partial charge in [-0.1, -0.05) is 18.2 Å². The molecule has 0 saturated carbocycles. The molecule has 5 nitrogen and oxygen atoms in total. The molecule has 5 heteroatoms. The van der Waals surface area contributed by atoms with Gasteiger partial charge in [-0.05, 0) is 12.1 Å². The second-order valence-electron chi connectivity index (χ2n) is 4.76. The number of fused-ring (bicyclic) bond motifs is 1. The van der Waals surface area contributed by atoms with Crippen LogP contribution in [0, 0.1) is 11.3 Å². The normalized spacial score (nSPS) is 18.6. The van der Waals surface area contributed by atoms with Gasteiger partial charge in [0.15, 0.2) is 0 Å². The maximum atomic E-state index is 9.24. The SMILES string of the molecule is N#Cc1cc(NCC2CNCCO2)nc2ccccc12. The summed E-state index contributed by atoms with van der Waals surface area (Å²) in [5, 5.41) is 16.7. The van der Waals surface area contributed by atoms with Crippen LogP contribution >= 0.6 is 0 Å². The first kappa shape index (κ1) is 12.9. The van der Waals surface area contributed by atoms with E-state index < -0.39 is 0 Å². The van der Waals surface area contributed by atoms with Crippen molar-refractivity contribution in [2.45, 2.75) is 6.10 Å². The van der Waals surface area contributed by atoms with E-state index in [1.54, 1.807) is 6.07 Å². The zero-order chi connectivity index (χ0) is 13.8. The molecule has 20 heavy (non-hydrogen) atoms. The summed E-state index contributed by atoms with van der Waals surface area (Å²) in [7, 11) is 0. The number of para-hydroxylation sites is 1. The van der Waals surface area contributed by atoms with Crippen LogP contribution in [0.15, 0.2) is 30.3 Å². The topological polar surface area (TPSA) is 70.0 Å². The molecule has 0 radical (unpaired) electrons. The van der Waals surface area contributed by atoms with Gasteiger partial charge >= 0.3 is 0 Å². The van der Waals surface area contributed by atoms with Crippen LogP contribution in [0.4, 0.5) is 5.82 Å². The van der Waals surface area contributed by atoms with Gasteiger partial charge in [0.05, 0.1) is 29.9 Å². The summed E-state index contributed by atoms with van der Waals surface area (Å²) in [6, 6.07) is 11.7. The molecule has 1 aliphatic rings. The molecular formula is C15H16N4O.